The van der Waals surface area contributed by atoms with Crippen LogP contribution in [0.25, 0.3) is 11.0 Å². The van der Waals surface area contributed by atoms with Gasteiger partial charge in [0.2, 0.25) is 0 Å². The van der Waals surface area contributed by atoms with E-state index in [4.69, 9.17) is 9.47 Å². The Morgan fingerprint density at radius 1 is 1.18 bits per heavy atom. The Morgan fingerprint density at radius 2 is 1.85 bits per heavy atom. The van der Waals surface area contributed by atoms with Crippen molar-refractivity contribution >= 4 is 27.1 Å². The van der Waals surface area contributed by atoms with E-state index in [9.17, 15) is 13.2 Å². The fraction of sp³-hybridized carbons (Fsp3) is 0.435. The number of carbonyl (C=O) groups excluding carboxylic acids is 1. The van der Waals surface area contributed by atoms with Crippen molar-refractivity contribution in [2.45, 2.75) is 50.7 Å². The second-order valence-electron chi connectivity index (χ2n) is 9.26. The highest BCUT2D eigenvalue weighted by molar-refractivity contribution is 7.90. The van der Waals surface area contributed by atoms with E-state index in [2.05, 4.69) is 10.1 Å². The molecule has 0 bridgehead atoms. The van der Waals surface area contributed by atoms with E-state index in [1.807, 2.05) is 33.8 Å². The van der Waals surface area contributed by atoms with Crippen molar-refractivity contribution in [3.8, 4) is 0 Å². The lowest BCUT2D eigenvalue weighted by Crippen LogP contribution is -2.50. The normalized spacial score (nSPS) is 15.0. The van der Waals surface area contributed by atoms with Gasteiger partial charge in [0.15, 0.2) is 5.65 Å². The maximum atomic E-state index is 13.3. The standard InChI is InChI=1S/C23H28N4O5S/c1-15-6-8-18(9-7-15)33(29,30)27-21-19(20(25-27)14-31-5)10-16(11-24-21)17-12-26(13-17)22(28)32-23(2,3)4/h6-11,17H,12-14H2,1-5H3. The Kier molecular flexibility index (Phi) is 5.92. The molecule has 33 heavy (non-hydrogen) atoms. The predicted molar refractivity (Wildman–Crippen MR) is 123 cm³/mol. The van der Waals surface area contributed by atoms with E-state index >= 15 is 0 Å². The highest BCUT2D eigenvalue weighted by atomic mass is 32.2. The fourth-order valence-corrected chi connectivity index (χ4v) is 4.92. The lowest BCUT2D eigenvalue weighted by molar-refractivity contribution is 0.00817. The largest absolute Gasteiger partial charge is 0.444 e. The summed E-state index contributed by atoms with van der Waals surface area (Å²) in [4.78, 5) is 18.5. The van der Waals surface area contributed by atoms with Gasteiger partial charge in [0.1, 0.15) is 5.60 Å². The summed E-state index contributed by atoms with van der Waals surface area (Å²) in [6.07, 6.45) is 1.31. The van der Waals surface area contributed by atoms with Crippen LogP contribution in [0.5, 0.6) is 0 Å². The van der Waals surface area contributed by atoms with E-state index in [0.717, 1.165) is 15.2 Å². The summed E-state index contributed by atoms with van der Waals surface area (Å²) >= 11 is 0. The molecule has 1 fully saturated rings. The zero-order valence-corrected chi connectivity index (χ0v) is 20.2. The first-order chi connectivity index (χ1) is 15.5. The van der Waals surface area contributed by atoms with Gasteiger partial charge in [-0.2, -0.15) is 13.5 Å². The van der Waals surface area contributed by atoms with Crippen molar-refractivity contribution in [2.75, 3.05) is 20.2 Å². The van der Waals surface area contributed by atoms with Crippen LogP contribution >= 0.6 is 0 Å². The first kappa shape index (κ1) is 23.2. The van der Waals surface area contributed by atoms with Crippen molar-refractivity contribution < 1.29 is 22.7 Å². The Hall–Kier alpha value is -2.98. The molecule has 176 valence electrons. The highest BCUT2D eigenvalue weighted by Gasteiger charge is 2.35. The van der Waals surface area contributed by atoms with E-state index in [-0.39, 0.29) is 29.2 Å². The molecule has 1 saturated heterocycles. The summed E-state index contributed by atoms with van der Waals surface area (Å²) in [5, 5.41) is 4.95. The van der Waals surface area contributed by atoms with Gasteiger partial charge in [-0.1, -0.05) is 17.7 Å². The van der Waals surface area contributed by atoms with Crippen LogP contribution in [0.15, 0.2) is 41.4 Å². The first-order valence-corrected chi connectivity index (χ1v) is 12.1. The Morgan fingerprint density at radius 3 is 2.45 bits per heavy atom. The zero-order chi connectivity index (χ0) is 24.0. The SMILES string of the molecule is COCc1nn(S(=O)(=O)c2ccc(C)cc2)c2ncc(C3CN(C(=O)OC(C)(C)C)C3)cc12. The molecule has 1 amide bonds. The number of amides is 1. The van der Waals surface area contributed by atoms with Crippen LogP contribution in [0.1, 0.15) is 43.5 Å². The third-order valence-electron chi connectivity index (χ3n) is 5.42. The van der Waals surface area contributed by atoms with Gasteiger partial charge in [-0.3, -0.25) is 0 Å². The summed E-state index contributed by atoms with van der Waals surface area (Å²) in [5.41, 5.74) is 2.06. The van der Waals surface area contributed by atoms with Gasteiger partial charge in [-0.05, 0) is 51.5 Å². The number of aryl methyl sites for hydroxylation is 1. The number of methoxy groups -OCH3 is 1. The third-order valence-corrected chi connectivity index (χ3v) is 7.00. The number of carbonyl (C=O) groups is 1. The number of fused-ring (bicyclic) bond motifs is 1. The van der Waals surface area contributed by atoms with E-state index in [1.165, 1.54) is 7.11 Å². The number of hydrogen-bond acceptors (Lipinski definition) is 7. The number of likely N-dealkylation sites (tertiary alicyclic amines) is 1. The van der Waals surface area contributed by atoms with E-state index < -0.39 is 15.6 Å². The van der Waals surface area contributed by atoms with Crippen molar-refractivity contribution in [2.24, 2.45) is 0 Å². The van der Waals surface area contributed by atoms with Crippen LogP contribution in [0, 0.1) is 6.92 Å². The van der Waals surface area contributed by atoms with Crippen LogP contribution in [0.3, 0.4) is 0 Å². The molecule has 3 aromatic rings. The minimum Gasteiger partial charge on any atom is -0.444 e. The molecular formula is C23H28N4O5S. The van der Waals surface area contributed by atoms with Gasteiger partial charge < -0.3 is 14.4 Å². The molecule has 4 rings (SSSR count). The summed E-state index contributed by atoms with van der Waals surface area (Å²) in [6.45, 7) is 8.56. The highest BCUT2D eigenvalue weighted by Crippen LogP contribution is 2.31. The van der Waals surface area contributed by atoms with Gasteiger partial charge in [0.05, 0.1) is 17.2 Å². The zero-order valence-electron chi connectivity index (χ0n) is 19.4. The summed E-state index contributed by atoms with van der Waals surface area (Å²) in [7, 11) is -2.39. The quantitative estimate of drug-likeness (QED) is 0.560. The smallest absolute Gasteiger partial charge is 0.410 e. The Labute approximate surface area is 193 Å². The summed E-state index contributed by atoms with van der Waals surface area (Å²) in [5.74, 6) is 0.0851. The topological polar surface area (TPSA) is 104 Å². The van der Waals surface area contributed by atoms with Gasteiger partial charge >= 0.3 is 6.09 Å². The van der Waals surface area contributed by atoms with E-state index in [1.54, 1.807) is 35.4 Å². The number of benzene rings is 1. The number of aromatic nitrogens is 3. The average molecular weight is 473 g/mol. The summed E-state index contributed by atoms with van der Waals surface area (Å²) < 4.78 is 38.1. The number of rotatable bonds is 5. The van der Waals surface area contributed by atoms with Crippen molar-refractivity contribution in [1.82, 2.24) is 19.1 Å². The lowest BCUT2D eigenvalue weighted by Gasteiger charge is -2.39. The van der Waals surface area contributed by atoms with Crippen LogP contribution in [0.4, 0.5) is 4.79 Å². The lowest BCUT2D eigenvalue weighted by atomic mass is 9.92. The van der Waals surface area contributed by atoms with Gasteiger partial charge in [-0.15, -0.1) is 4.09 Å². The molecule has 2 aromatic heterocycles. The molecule has 0 atom stereocenters. The first-order valence-electron chi connectivity index (χ1n) is 10.7. The van der Waals surface area contributed by atoms with Crippen molar-refractivity contribution in [3.05, 3.63) is 53.3 Å². The Bertz CT molecular complexity index is 1290. The minimum absolute atomic E-state index is 0.0851. The number of nitrogens with zero attached hydrogens (tertiary/aromatic N) is 4. The Balaban J connectivity index is 1.64. The van der Waals surface area contributed by atoms with Crippen LogP contribution in [-0.2, 0) is 26.1 Å². The van der Waals surface area contributed by atoms with E-state index in [0.29, 0.717) is 24.2 Å². The maximum Gasteiger partial charge on any atom is 0.410 e. The van der Waals surface area contributed by atoms with Gasteiger partial charge in [0.25, 0.3) is 10.0 Å². The molecule has 1 aliphatic heterocycles. The molecule has 0 aliphatic carbocycles. The molecule has 1 aromatic carbocycles. The molecule has 0 radical (unpaired) electrons. The molecule has 1 aliphatic rings. The molecule has 0 spiro atoms. The summed E-state index contributed by atoms with van der Waals surface area (Å²) in [6, 6.07) is 8.49. The monoisotopic (exact) mass is 472 g/mol. The average Bonchev–Trinajstić information content (AvgIpc) is 3.05. The third kappa shape index (κ3) is 4.58. The fourth-order valence-electron chi connectivity index (χ4n) is 3.66. The molecule has 3 heterocycles. The number of pyridine rings is 1. The second-order valence-corrected chi connectivity index (χ2v) is 11.0. The maximum absolute atomic E-state index is 13.3. The minimum atomic E-state index is -3.92. The molecule has 0 unspecified atom stereocenters. The second kappa shape index (κ2) is 8.42. The molecule has 9 nitrogen and oxygen atoms in total. The van der Waals surface area contributed by atoms with Gasteiger partial charge in [-0.25, -0.2) is 9.78 Å². The van der Waals surface area contributed by atoms with Crippen molar-refractivity contribution in [3.63, 3.8) is 0 Å². The van der Waals surface area contributed by atoms with Crippen molar-refractivity contribution in [1.29, 1.82) is 0 Å². The van der Waals surface area contributed by atoms with Crippen LogP contribution in [-0.4, -0.2) is 59.4 Å². The van der Waals surface area contributed by atoms with Crippen LogP contribution < -0.4 is 0 Å². The number of ether oxygens (including phenoxy) is 2. The molecule has 0 saturated carbocycles. The molecule has 0 N–H and O–H groups in total. The van der Waals surface area contributed by atoms with Crippen LogP contribution in [0.2, 0.25) is 0 Å². The predicted octanol–water partition coefficient (Wildman–Crippen LogP) is 3.46. The van der Waals surface area contributed by atoms with Gasteiger partial charge in [0, 0.05) is 37.7 Å². The number of hydrogen-bond donors (Lipinski definition) is 0. The molecular weight excluding hydrogens is 444 g/mol. The molecule has 10 heteroatoms.